The molecule has 0 spiro atoms. The van der Waals surface area contributed by atoms with E-state index < -0.39 is 11.4 Å². The highest BCUT2D eigenvalue weighted by Crippen LogP contribution is 2.32. The number of phenols is 1. The summed E-state index contributed by atoms with van der Waals surface area (Å²) in [7, 11) is 0. The summed E-state index contributed by atoms with van der Waals surface area (Å²) in [6, 6.07) is 4.82. The quantitative estimate of drug-likeness (QED) is 0.850. The van der Waals surface area contributed by atoms with Crippen molar-refractivity contribution >= 4 is 11.9 Å². The monoisotopic (exact) mass is 263 g/mol. The minimum Gasteiger partial charge on any atom is -0.507 e. The van der Waals surface area contributed by atoms with E-state index in [2.05, 4.69) is 0 Å². The van der Waals surface area contributed by atoms with Gasteiger partial charge in [0.25, 0.3) is 5.91 Å². The molecule has 1 atom stereocenters. The molecule has 5 nitrogen and oxygen atoms in total. The molecule has 102 valence electrons. The number of hydrogen-bond donors (Lipinski definition) is 2. The lowest BCUT2D eigenvalue weighted by atomic mass is 9.90. The number of carboxylic acid groups (broad SMARTS) is 1. The first-order valence-electron chi connectivity index (χ1n) is 6.16. The van der Waals surface area contributed by atoms with Gasteiger partial charge in [-0.05, 0) is 32.4 Å². The molecule has 1 fully saturated rings. The van der Waals surface area contributed by atoms with Crippen molar-refractivity contribution in [1.29, 1.82) is 0 Å². The van der Waals surface area contributed by atoms with Crippen LogP contribution in [-0.4, -0.2) is 40.1 Å². The van der Waals surface area contributed by atoms with Crippen LogP contribution < -0.4 is 0 Å². The number of rotatable bonds is 2. The van der Waals surface area contributed by atoms with Gasteiger partial charge in [-0.25, -0.2) is 0 Å². The third-order valence-electron chi connectivity index (χ3n) is 3.66. The number of carbonyl (C=O) groups excluding carboxylic acids is 1. The number of likely N-dealkylation sites (tertiary alicyclic amines) is 1. The molecular weight excluding hydrogens is 246 g/mol. The molecule has 0 aliphatic carbocycles. The molecule has 2 rings (SSSR count). The smallest absolute Gasteiger partial charge is 0.311 e. The predicted octanol–water partition coefficient (Wildman–Crippen LogP) is 1.64. The second-order valence-electron chi connectivity index (χ2n) is 5.36. The Hall–Kier alpha value is -2.04. The minimum absolute atomic E-state index is 0.0699. The maximum absolute atomic E-state index is 12.3. The molecule has 5 heteroatoms. The molecule has 1 unspecified atom stereocenters. The van der Waals surface area contributed by atoms with E-state index >= 15 is 0 Å². The summed E-state index contributed by atoms with van der Waals surface area (Å²) in [6.07, 6.45) is 0.431. The molecule has 0 radical (unpaired) electrons. The molecule has 0 aromatic heterocycles. The highest BCUT2D eigenvalue weighted by atomic mass is 16.4. The fourth-order valence-electron chi connectivity index (χ4n) is 2.30. The van der Waals surface area contributed by atoms with Gasteiger partial charge in [-0.1, -0.05) is 11.6 Å². The zero-order valence-electron chi connectivity index (χ0n) is 11.0. The summed E-state index contributed by atoms with van der Waals surface area (Å²) in [5.74, 6) is -1.28. The molecule has 1 aromatic rings. The molecule has 1 aliphatic heterocycles. The van der Waals surface area contributed by atoms with Gasteiger partial charge in [-0.15, -0.1) is 0 Å². The number of amides is 1. The molecule has 1 aromatic carbocycles. The van der Waals surface area contributed by atoms with Crippen LogP contribution in [0.2, 0.25) is 0 Å². The maximum atomic E-state index is 12.3. The van der Waals surface area contributed by atoms with Crippen LogP contribution in [0.4, 0.5) is 0 Å². The van der Waals surface area contributed by atoms with Crippen LogP contribution in [0.25, 0.3) is 0 Å². The lowest BCUT2D eigenvalue weighted by Gasteiger charge is -2.20. The van der Waals surface area contributed by atoms with E-state index in [-0.39, 0.29) is 23.8 Å². The second-order valence-corrected chi connectivity index (χ2v) is 5.36. The topological polar surface area (TPSA) is 77.8 Å². The van der Waals surface area contributed by atoms with Gasteiger partial charge in [-0.3, -0.25) is 9.59 Å². The number of carboxylic acids is 1. The number of phenolic OH excluding ortho intramolecular Hbond substituents is 1. The van der Waals surface area contributed by atoms with Crippen LogP contribution in [0, 0.1) is 12.3 Å². The number of nitrogens with zero attached hydrogens (tertiary/aromatic N) is 1. The first-order valence-corrected chi connectivity index (χ1v) is 6.16. The highest BCUT2D eigenvalue weighted by Gasteiger charge is 2.42. The average molecular weight is 263 g/mol. The van der Waals surface area contributed by atoms with Gasteiger partial charge in [0.15, 0.2) is 0 Å². The number of aryl methyl sites for hydroxylation is 1. The molecule has 19 heavy (non-hydrogen) atoms. The second kappa shape index (κ2) is 4.57. The number of hydrogen-bond acceptors (Lipinski definition) is 3. The van der Waals surface area contributed by atoms with Crippen LogP contribution in [0.15, 0.2) is 18.2 Å². The Balaban J connectivity index is 2.22. The van der Waals surface area contributed by atoms with Gasteiger partial charge >= 0.3 is 5.97 Å². The van der Waals surface area contributed by atoms with E-state index in [9.17, 15) is 14.7 Å². The zero-order chi connectivity index (χ0) is 14.2. The van der Waals surface area contributed by atoms with E-state index in [4.69, 9.17) is 5.11 Å². The Labute approximate surface area is 111 Å². The molecule has 0 bridgehead atoms. The summed E-state index contributed by atoms with van der Waals surface area (Å²) < 4.78 is 0. The van der Waals surface area contributed by atoms with Gasteiger partial charge in [0, 0.05) is 13.1 Å². The van der Waals surface area contributed by atoms with Crippen LogP contribution in [0.3, 0.4) is 0 Å². The molecule has 1 saturated heterocycles. The SMILES string of the molecule is Cc1ccc(O)c(C(=O)N2CCC(C)(C(=O)O)C2)c1. The minimum atomic E-state index is -0.894. The highest BCUT2D eigenvalue weighted by molar-refractivity contribution is 5.97. The number of aromatic hydroxyl groups is 1. The number of carbonyl (C=O) groups is 2. The van der Waals surface area contributed by atoms with Crippen LogP contribution in [0.5, 0.6) is 5.75 Å². The summed E-state index contributed by atoms with van der Waals surface area (Å²) in [5.41, 5.74) is 0.214. The first kappa shape index (κ1) is 13.4. The third-order valence-corrected chi connectivity index (χ3v) is 3.66. The average Bonchev–Trinajstić information content (AvgIpc) is 2.76. The Morgan fingerprint density at radius 3 is 2.63 bits per heavy atom. The van der Waals surface area contributed by atoms with Crippen molar-refractivity contribution in [3.8, 4) is 5.75 Å². The van der Waals surface area contributed by atoms with E-state index in [1.165, 1.54) is 11.0 Å². The van der Waals surface area contributed by atoms with Crippen molar-refractivity contribution in [2.24, 2.45) is 5.41 Å². The molecule has 1 aliphatic rings. The Bertz CT molecular complexity index is 540. The van der Waals surface area contributed by atoms with Gasteiger partial charge in [0.2, 0.25) is 0 Å². The Morgan fingerprint density at radius 2 is 2.05 bits per heavy atom. The van der Waals surface area contributed by atoms with Gasteiger partial charge < -0.3 is 15.1 Å². The summed E-state index contributed by atoms with van der Waals surface area (Å²) in [5, 5.41) is 18.9. The molecule has 1 amide bonds. The third kappa shape index (κ3) is 2.41. The fourth-order valence-corrected chi connectivity index (χ4v) is 2.30. The molecule has 0 saturated carbocycles. The van der Waals surface area contributed by atoms with Crippen molar-refractivity contribution in [1.82, 2.24) is 4.90 Å². The van der Waals surface area contributed by atoms with Crippen LogP contribution in [-0.2, 0) is 4.79 Å². The normalized spacial score (nSPS) is 22.5. The number of aliphatic carboxylic acids is 1. The Morgan fingerprint density at radius 1 is 1.37 bits per heavy atom. The van der Waals surface area contributed by atoms with E-state index in [1.807, 2.05) is 6.92 Å². The van der Waals surface area contributed by atoms with E-state index in [0.717, 1.165) is 5.56 Å². The maximum Gasteiger partial charge on any atom is 0.311 e. The Kier molecular flexibility index (Phi) is 3.22. The fraction of sp³-hybridized carbons (Fsp3) is 0.429. The van der Waals surface area contributed by atoms with Crippen molar-refractivity contribution in [2.75, 3.05) is 13.1 Å². The first-order chi connectivity index (χ1) is 8.83. The van der Waals surface area contributed by atoms with Gasteiger partial charge in [0.05, 0.1) is 11.0 Å². The van der Waals surface area contributed by atoms with Crippen molar-refractivity contribution in [2.45, 2.75) is 20.3 Å². The van der Waals surface area contributed by atoms with Crippen molar-refractivity contribution < 1.29 is 19.8 Å². The van der Waals surface area contributed by atoms with Crippen molar-refractivity contribution in [3.63, 3.8) is 0 Å². The lowest BCUT2D eigenvalue weighted by Crippen LogP contribution is -2.34. The van der Waals surface area contributed by atoms with Gasteiger partial charge in [-0.2, -0.15) is 0 Å². The van der Waals surface area contributed by atoms with Crippen LogP contribution in [0.1, 0.15) is 29.3 Å². The predicted molar refractivity (Wildman–Crippen MR) is 69.1 cm³/mol. The molecule has 1 heterocycles. The van der Waals surface area contributed by atoms with E-state index in [0.29, 0.717) is 13.0 Å². The van der Waals surface area contributed by atoms with E-state index in [1.54, 1.807) is 19.1 Å². The standard InChI is InChI=1S/C14H17NO4/c1-9-3-4-11(16)10(7-9)12(17)15-6-5-14(2,8-15)13(18)19/h3-4,7,16H,5-6,8H2,1-2H3,(H,18,19). The molecule has 2 N–H and O–H groups in total. The zero-order valence-corrected chi connectivity index (χ0v) is 11.0. The summed E-state index contributed by atoms with van der Waals surface area (Å²) in [6.45, 7) is 4.05. The summed E-state index contributed by atoms with van der Waals surface area (Å²) >= 11 is 0. The number of benzene rings is 1. The van der Waals surface area contributed by atoms with Crippen molar-refractivity contribution in [3.05, 3.63) is 29.3 Å². The van der Waals surface area contributed by atoms with Crippen LogP contribution >= 0.6 is 0 Å². The van der Waals surface area contributed by atoms with Gasteiger partial charge in [0.1, 0.15) is 5.75 Å². The lowest BCUT2D eigenvalue weighted by molar-refractivity contribution is -0.147. The molecular formula is C14H17NO4. The largest absolute Gasteiger partial charge is 0.507 e. The summed E-state index contributed by atoms with van der Waals surface area (Å²) in [4.78, 5) is 25.0.